The third kappa shape index (κ3) is 2.22. The van der Waals surface area contributed by atoms with Gasteiger partial charge in [0, 0.05) is 6.07 Å². The summed E-state index contributed by atoms with van der Waals surface area (Å²) in [6, 6.07) is 1.82. The Bertz CT molecular complexity index is 498. The summed E-state index contributed by atoms with van der Waals surface area (Å²) in [4.78, 5) is 7.73. The molecule has 0 bridgehead atoms. The number of hydrogen-bond donors (Lipinski definition) is 2. The summed E-state index contributed by atoms with van der Waals surface area (Å²) in [6.07, 6.45) is 1.34. The highest BCUT2D eigenvalue weighted by Crippen LogP contribution is 2.23. The van der Waals surface area contributed by atoms with Crippen LogP contribution >= 0.6 is 11.6 Å². The third-order valence-electron chi connectivity index (χ3n) is 1.93. The second-order valence-corrected chi connectivity index (χ2v) is 3.58. The lowest BCUT2D eigenvalue weighted by Gasteiger charge is -2.05. The van der Waals surface area contributed by atoms with Crippen molar-refractivity contribution in [2.75, 3.05) is 11.1 Å². The Hall–Kier alpha value is -1.82. The first-order chi connectivity index (χ1) is 7.66. The fourth-order valence-electron chi connectivity index (χ4n) is 1.18. The van der Waals surface area contributed by atoms with Crippen LogP contribution in [-0.4, -0.2) is 15.1 Å². The van der Waals surface area contributed by atoms with Gasteiger partial charge >= 0.3 is 0 Å². The van der Waals surface area contributed by atoms with E-state index >= 15 is 0 Å². The Morgan fingerprint density at radius 2 is 2.31 bits per heavy atom. The summed E-state index contributed by atoms with van der Waals surface area (Å²) >= 11 is 5.91. The van der Waals surface area contributed by atoms with Crippen molar-refractivity contribution in [2.45, 2.75) is 13.5 Å². The third-order valence-corrected chi connectivity index (χ3v) is 2.30. The SMILES string of the molecule is Cc1cc(CNc2ncnc(N)c2Cl)no1. The van der Waals surface area contributed by atoms with Gasteiger partial charge in [-0.15, -0.1) is 0 Å². The maximum Gasteiger partial charge on any atom is 0.150 e. The summed E-state index contributed by atoms with van der Waals surface area (Å²) in [5, 5.41) is 7.13. The van der Waals surface area contributed by atoms with Gasteiger partial charge in [0.2, 0.25) is 0 Å². The molecule has 0 atom stereocenters. The first-order valence-corrected chi connectivity index (χ1v) is 4.96. The van der Waals surface area contributed by atoms with Crippen molar-refractivity contribution in [1.82, 2.24) is 15.1 Å². The quantitative estimate of drug-likeness (QED) is 0.846. The van der Waals surface area contributed by atoms with E-state index in [-0.39, 0.29) is 5.82 Å². The van der Waals surface area contributed by atoms with E-state index in [1.165, 1.54) is 6.33 Å². The van der Waals surface area contributed by atoms with Gasteiger partial charge in [0.15, 0.2) is 5.82 Å². The highest BCUT2D eigenvalue weighted by atomic mass is 35.5. The molecule has 0 amide bonds. The van der Waals surface area contributed by atoms with E-state index in [1.54, 1.807) is 0 Å². The molecule has 0 saturated carbocycles. The fourth-order valence-corrected chi connectivity index (χ4v) is 1.35. The average molecular weight is 240 g/mol. The number of anilines is 2. The minimum Gasteiger partial charge on any atom is -0.382 e. The Labute approximate surface area is 96.8 Å². The number of rotatable bonds is 3. The minimum atomic E-state index is 0.246. The number of nitrogens with zero attached hydrogens (tertiary/aromatic N) is 3. The van der Waals surface area contributed by atoms with Crippen molar-refractivity contribution in [1.29, 1.82) is 0 Å². The zero-order chi connectivity index (χ0) is 11.5. The van der Waals surface area contributed by atoms with Crippen LogP contribution in [0.4, 0.5) is 11.6 Å². The largest absolute Gasteiger partial charge is 0.382 e. The second-order valence-electron chi connectivity index (χ2n) is 3.20. The van der Waals surface area contributed by atoms with Crippen molar-refractivity contribution >= 4 is 23.2 Å². The molecule has 2 heterocycles. The molecular weight excluding hydrogens is 230 g/mol. The van der Waals surface area contributed by atoms with E-state index in [9.17, 15) is 0 Å². The zero-order valence-corrected chi connectivity index (χ0v) is 9.32. The molecular formula is C9H10ClN5O. The smallest absolute Gasteiger partial charge is 0.150 e. The van der Waals surface area contributed by atoms with Gasteiger partial charge in [-0.3, -0.25) is 0 Å². The molecule has 2 aromatic rings. The van der Waals surface area contributed by atoms with E-state index in [1.807, 2.05) is 13.0 Å². The molecule has 0 unspecified atom stereocenters. The van der Waals surface area contributed by atoms with Crippen LogP contribution in [0.5, 0.6) is 0 Å². The highest BCUT2D eigenvalue weighted by molar-refractivity contribution is 6.35. The number of aromatic nitrogens is 3. The van der Waals surface area contributed by atoms with Gasteiger partial charge in [-0.25, -0.2) is 9.97 Å². The molecule has 0 saturated heterocycles. The predicted molar refractivity (Wildman–Crippen MR) is 60.0 cm³/mol. The zero-order valence-electron chi connectivity index (χ0n) is 8.57. The lowest BCUT2D eigenvalue weighted by Crippen LogP contribution is -2.04. The van der Waals surface area contributed by atoms with Crippen LogP contribution in [0, 0.1) is 6.92 Å². The first kappa shape index (κ1) is 10.7. The van der Waals surface area contributed by atoms with Crippen LogP contribution < -0.4 is 11.1 Å². The first-order valence-electron chi connectivity index (χ1n) is 4.59. The summed E-state index contributed by atoms with van der Waals surface area (Å²) in [7, 11) is 0. The molecule has 2 aromatic heterocycles. The van der Waals surface area contributed by atoms with Crippen LogP contribution in [0.15, 0.2) is 16.9 Å². The number of nitrogens with two attached hydrogens (primary N) is 1. The molecule has 16 heavy (non-hydrogen) atoms. The van der Waals surface area contributed by atoms with Gasteiger partial charge in [-0.1, -0.05) is 16.8 Å². The van der Waals surface area contributed by atoms with E-state index in [4.69, 9.17) is 21.9 Å². The van der Waals surface area contributed by atoms with Crippen LogP contribution in [0.1, 0.15) is 11.5 Å². The molecule has 0 aromatic carbocycles. The Balaban J connectivity index is 2.07. The van der Waals surface area contributed by atoms with Crippen molar-refractivity contribution in [3.8, 4) is 0 Å². The molecule has 84 valence electrons. The average Bonchev–Trinajstić information content (AvgIpc) is 2.67. The van der Waals surface area contributed by atoms with Gasteiger partial charge in [-0.05, 0) is 6.92 Å². The molecule has 6 nitrogen and oxygen atoms in total. The van der Waals surface area contributed by atoms with E-state index in [2.05, 4.69) is 20.4 Å². The topological polar surface area (TPSA) is 89.9 Å². The molecule has 0 spiro atoms. The minimum absolute atomic E-state index is 0.246. The van der Waals surface area contributed by atoms with Crippen LogP contribution in [0.2, 0.25) is 5.02 Å². The maximum atomic E-state index is 5.91. The summed E-state index contributed by atoms with van der Waals surface area (Å²) < 4.78 is 4.93. The van der Waals surface area contributed by atoms with E-state index in [0.717, 1.165) is 11.5 Å². The molecule has 3 N–H and O–H groups in total. The highest BCUT2D eigenvalue weighted by Gasteiger charge is 2.07. The van der Waals surface area contributed by atoms with Crippen molar-refractivity contribution in [3.63, 3.8) is 0 Å². The monoisotopic (exact) mass is 239 g/mol. The summed E-state index contributed by atoms with van der Waals surface area (Å²) in [5.41, 5.74) is 6.31. The maximum absolute atomic E-state index is 5.91. The van der Waals surface area contributed by atoms with E-state index in [0.29, 0.717) is 17.4 Å². The second kappa shape index (κ2) is 4.36. The van der Waals surface area contributed by atoms with Gasteiger partial charge in [0.1, 0.15) is 28.6 Å². The molecule has 0 aliphatic heterocycles. The van der Waals surface area contributed by atoms with Gasteiger partial charge in [0.05, 0.1) is 6.54 Å². The lowest BCUT2D eigenvalue weighted by atomic mass is 10.4. The molecule has 7 heteroatoms. The van der Waals surface area contributed by atoms with Crippen molar-refractivity contribution in [3.05, 3.63) is 28.9 Å². The van der Waals surface area contributed by atoms with Crippen LogP contribution in [0.3, 0.4) is 0 Å². The van der Waals surface area contributed by atoms with Crippen molar-refractivity contribution in [2.24, 2.45) is 0 Å². The molecule has 0 aliphatic rings. The summed E-state index contributed by atoms with van der Waals surface area (Å²) in [6.45, 7) is 2.29. The fraction of sp³-hybridized carbons (Fsp3) is 0.222. The van der Waals surface area contributed by atoms with Crippen LogP contribution in [-0.2, 0) is 6.54 Å². The predicted octanol–water partition coefficient (Wildman–Crippen LogP) is 1.62. The summed E-state index contributed by atoms with van der Waals surface area (Å²) in [5.74, 6) is 1.48. The van der Waals surface area contributed by atoms with Crippen molar-refractivity contribution < 1.29 is 4.52 Å². The van der Waals surface area contributed by atoms with E-state index < -0.39 is 0 Å². The molecule has 2 rings (SSSR count). The van der Waals surface area contributed by atoms with Gasteiger partial charge in [0.25, 0.3) is 0 Å². The number of aryl methyl sites for hydroxylation is 1. The Morgan fingerprint density at radius 3 is 3.00 bits per heavy atom. The number of nitrogens with one attached hydrogen (secondary N) is 1. The molecule has 0 radical (unpaired) electrons. The standard InChI is InChI=1S/C9H10ClN5O/c1-5-2-6(15-16-5)3-12-9-7(10)8(11)13-4-14-9/h2,4H,3H2,1H3,(H3,11,12,13,14). The molecule has 0 fully saturated rings. The Kier molecular flexibility index (Phi) is 2.91. The van der Waals surface area contributed by atoms with Crippen LogP contribution in [0.25, 0.3) is 0 Å². The van der Waals surface area contributed by atoms with Gasteiger partial charge < -0.3 is 15.6 Å². The molecule has 0 aliphatic carbocycles. The number of halogens is 1. The number of nitrogen functional groups attached to an aromatic ring is 1. The lowest BCUT2D eigenvalue weighted by molar-refractivity contribution is 0.391. The van der Waals surface area contributed by atoms with Gasteiger partial charge in [-0.2, -0.15) is 0 Å². The number of hydrogen-bond acceptors (Lipinski definition) is 6. The Morgan fingerprint density at radius 1 is 1.50 bits per heavy atom. The normalized spacial score (nSPS) is 10.4.